The summed E-state index contributed by atoms with van der Waals surface area (Å²) in [5, 5.41) is 10.0. The summed E-state index contributed by atoms with van der Waals surface area (Å²) in [5.41, 5.74) is -0.292. The molecule has 0 heterocycles. The van der Waals surface area contributed by atoms with Crippen molar-refractivity contribution < 1.29 is 9.90 Å². The van der Waals surface area contributed by atoms with Crippen LogP contribution in [0.1, 0.15) is 32.3 Å². The van der Waals surface area contributed by atoms with E-state index in [-0.39, 0.29) is 11.8 Å². The van der Waals surface area contributed by atoms with E-state index in [1.165, 1.54) is 0 Å². The van der Waals surface area contributed by atoms with Gasteiger partial charge in [-0.05, 0) is 18.4 Å². The van der Waals surface area contributed by atoms with Crippen LogP contribution in [0, 0.1) is 5.92 Å². The first kappa shape index (κ1) is 11.9. The average molecular weight is 206 g/mol. The summed E-state index contributed by atoms with van der Waals surface area (Å²) in [5.74, 6) is 0.0591. The Kier molecular flexibility index (Phi) is 3.64. The second-order valence-electron chi connectivity index (χ2n) is 4.48. The number of hydrogen-bond acceptors (Lipinski definition) is 2. The Morgan fingerprint density at radius 1 is 1.27 bits per heavy atom. The molecule has 2 unspecified atom stereocenters. The fraction of sp³-hybridized carbons (Fsp3) is 0.462. The van der Waals surface area contributed by atoms with Crippen molar-refractivity contribution in [3.63, 3.8) is 0 Å². The first-order valence-corrected chi connectivity index (χ1v) is 5.22. The molecule has 0 bridgehead atoms. The van der Waals surface area contributed by atoms with Crippen LogP contribution in [0.4, 0.5) is 0 Å². The van der Waals surface area contributed by atoms with E-state index in [1.54, 1.807) is 6.92 Å². The topological polar surface area (TPSA) is 37.3 Å². The number of rotatable bonds is 4. The highest BCUT2D eigenvalue weighted by molar-refractivity contribution is 5.64. The third-order valence-corrected chi connectivity index (χ3v) is 2.69. The van der Waals surface area contributed by atoms with Gasteiger partial charge in [0.2, 0.25) is 0 Å². The lowest BCUT2D eigenvalue weighted by molar-refractivity contribution is -0.125. The summed E-state index contributed by atoms with van der Waals surface area (Å²) in [7, 11) is 0. The minimum absolute atomic E-state index is 0.156. The number of aliphatic hydroxyl groups is 1. The zero-order valence-corrected chi connectivity index (χ0v) is 9.47. The maximum Gasteiger partial charge on any atom is 0.151 e. The van der Waals surface area contributed by atoms with Gasteiger partial charge < -0.3 is 9.90 Å². The maximum atomic E-state index is 10.9. The lowest BCUT2D eigenvalue weighted by Crippen LogP contribution is -2.37. The van der Waals surface area contributed by atoms with E-state index in [4.69, 9.17) is 0 Å². The Morgan fingerprint density at radius 2 is 1.80 bits per heavy atom. The molecule has 1 rings (SSSR count). The van der Waals surface area contributed by atoms with Gasteiger partial charge in [0.1, 0.15) is 5.60 Å². The lowest BCUT2D eigenvalue weighted by atomic mass is 9.77. The lowest BCUT2D eigenvalue weighted by Gasteiger charge is -2.31. The van der Waals surface area contributed by atoms with E-state index in [9.17, 15) is 9.90 Å². The van der Waals surface area contributed by atoms with Crippen LogP contribution in [0.25, 0.3) is 0 Å². The predicted molar refractivity (Wildman–Crippen MR) is 60.7 cm³/mol. The molecular weight excluding hydrogens is 188 g/mol. The van der Waals surface area contributed by atoms with Gasteiger partial charge in [-0.3, -0.25) is 0 Å². The van der Waals surface area contributed by atoms with Crippen molar-refractivity contribution in [1.29, 1.82) is 0 Å². The number of aldehydes is 1. The Labute approximate surface area is 90.9 Å². The summed E-state index contributed by atoms with van der Waals surface area (Å²) < 4.78 is 0. The monoisotopic (exact) mass is 206 g/mol. The van der Waals surface area contributed by atoms with E-state index in [2.05, 4.69) is 0 Å². The third kappa shape index (κ3) is 2.66. The molecule has 0 aliphatic rings. The minimum atomic E-state index is -1.30. The van der Waals surface area contributed by atoms with Gasteiger partial charge in [0.25, 0.3) is 0 Å². The molecule has 0 saturated carbocycles. The molecule has 2 nitrogen and oxygen atoms in total. The van der Waals surface area contributed by atoms with Gasteiger partial charge in [0.15, 0.2) is 6.29 Å². The van der Waals surface area contributed by atoms with Crippen LogP contribution in [-0.4, -0.2) is 17.0 Å². The molecular formula is C13H18O2. The maximum absolute atomic E-state index is 10.9. The standard InChI is InChI=1S/C13H18O2/c1-10(2)12(13(3,15)9-14)11-7-5-4-6-8-11/h4-10,12,15H,1-3H3. The molecule has 15 heavy (non-hydrogen) atoms. The molecule has 0 radical (unpaired) electrons. The van der Waals surface area contributed by atoms with Gasteiger partial charge in [-0.15, -0.1) is 0 Å². The summed E-state index contributed by atoms with van der Waals surface area (Å²) in [6.45, 7) is 5.59. The van der Waals surface area contributed by atoms with Crippen molar-refractivity contribution in [2.24, 2.45) is 5.92 Å². The smallest absolute Gasteiger partial charge is 0.151 e. The molecule has 0 aliphatic carbocycles. The third-order valence-electron chi connectivity index (χ3n) is 2.69. The first-order valence-electron chi connectivity index (χ1n) is 5.22. The average Bonchev–Trinajstić information content (AvgIpc) is 2.18. The van der Waals surface area contributed by atoms with Gasteiger partial charge in [-0.2, -0.15) is 0 Å². The van der Waals surface area contributed by atoms with Gasteiger partial charge >= 0.3 is 0 Å². The zero-order valence-electron chi connectivity index (χ0n) is 9.47. The fourth-order valence-electron chi connectivity index (χ4n) is 2.13. The van der Waals surface area contributed by atoms with E-state index in [1.807, 2.05) is 44.2 Å². The van der Waals surface area contributed by atoms with Crippen LogP contribution in [-0.2, 0) is 4.79 Å². The second-order valence-corrected chi connectivity index (χ2v) is 4.48. The molecule has 2 heteroatoms. The van der Waals surface area contributed by atoms with E-state index >= 15 is 0 Å². The van der Waals surface area contributed by atoms with Crippen molar-refractivity contribution in [1.82, 2.24) is 0 Å². The van der Waals surface area contributed by atoms with Gasteiger partial charge in [-0.1, -0.05) is 44.2 Å². The van der Waals surface area contributed by atoms with Crippen molar-refractivity contribution >= 4 is 6.29 Å². The molecule has 0 saturated heterocycles. The van der Waals surface area contributed by atoms with Crippen LogP contribution in [0.3, 0.4) is 0 Å². The summed E-state index contributed by atoms with van der Waals surface area (Å²) in [6, 6.07) is 9.67. The predicted octanol–water partition coefficient (Wildman–Crippen LogP) is 2.38. The van der Waals surface area contributed by atoms with Gasteiger partial charge in [0, 0.05) is 5.92 Å². The van der Waals surface area contributed by atoms with Gasteiger partial charge in [0.05, 0.1) is 0 Å². The Morgan fingerprint density at radius 3 is 2.20 bits per heavy atom. The molecule has 1 N–H and O–H groups in total. The SMILES string of the molecule is CC(C)C(c1ccccc1)C(C)(O)C=O. The Bertz CT molecular complexity index is 315. The molecule has 0 aliphatic heterocycles. The van der Waals surface area contributed by atoms with Crippen LogP contribution in [0.2, 0.25) is 0 Å². The first-order chi connectivity index (χ1) is 6.99. The fourth-order valence-corrected chi connectivity index (χ4v) is 2.13. The van der Waals surface area contributed by atoms with E-state index < -0.39 is 5.60 Å². The molecule has 2 atom stereocenters. The van der Waals surface area contributed by atoms with Crippen molar-refractivity contribution in [3.05, 3.63) is 35.9 Å². The normalized spacial score (nSPS) is 17.1. The van der Waals surface area contributed by atoms with Crippen LogP contribution < -0.4 is 0 Å². The number of carbonyl (C=O) groups excluding carboxylic acids is 1. The largest absolute Gasteiger partial charge is 0.382 e. The highest BCUT2D eigenvalue weighted by atomic mass is 16.3. The number of carbonyl (C=O) groups is 1. The summed E-state index contributed by atoms with van der Waals surface area (Å²) in [6.07, 6.45) is 0.630. The number of benzene rings is 1. The molecule has 0 spiro atoms. The van der Waals surface area contributed by atoms with E-state index in [0.29, 0.717) is 6.29 Å². The highest BCUT2D eigenvalue weighted by Crippen LogP contribution is 2.33. The molecule has 82 valence electrons. The van der Waals surface area contributed by atoms with Crippen LogP contribution in [0.5, 0.6) is 0 Å². The molecule has 0 amide bonds. The van der Waals surface area contributed by atoms with Crippen molar-refractivity contribution in [2.45, 2.75) is 32.3 Å². The number of hydrogen-bond donors (Lipinski definition) is 1. The minimum Gasteiger partial charge on any atom is -0.382 e. The highest BCUT2D eigenvalue weighted by Gasteiger charge is 2.34. The Hall–Kier alpha value is -1.15. The molecule has 0 aromatic heterocycles. The molecule has 0 fully saturated rings. The van der Waals surface area contributed by atoms with E-state index in [0.717, 1.165) is 5.56 Å². The zero-order chi connectivity index (χ0) is 11.5. The summed E-state index contributed by atoms with van der Waals surface area (Å²) >= 11 is 0. The quantitative estimate of drug-likeness (QED) is 0.768. The Balaban J connectivity index is 3.10. The van der Waals surface area contributed by atoms with Crippen LogP contribution in [0.15, 0.2) is 30.3 Å². The second kappa shape index (κ2) is 4.58. The van der Waals surface area contributed by atoms with Crippen LogP contribution >= 0.6 is 0 Å². The van der Waals surface area contributed by atoms with Crippen molar-refractivity contribution in [3.8, 4) is 0 Å². The summed E-state index contributed by atoms with van der Waals surface area (Å²) in [4.78, 5) is 10.9. The van der Waals surface area contributed by atoms with Gasteiger partial charge in [-0.25, -0.2) is 0 Å². The van der Waals surface area contributed by atoms with Crippen molar-refractivity contribution in [2.75, 3.05) is 0 Å². The molecule has 1 aromatic rings. The molecule has 1 aromatic carbocycles.